The first kappa shape index (κ1) is 16.9. The van der Waals surface area contributed by atoms with Gasteiger partial charge in [0.2, 0.25) is 0 Å². The number of hydrogen-bond donors (Lipinski definition) is 2. The number of rotatable bonds is 5. The molecule has 0 saturated carbocycles. The van der Waals surface area contributed by atoms with Gasteiger partial charge >= 0.3 is 6.03 Å². The summed E-state index contributed by atoms with van der Waals surface area (Å²) in [5, 5.41) is 5.46. The van der Waals surface area contributed by atoms with Crippen LogP contribution in [-0.2, 0) is 9.59 Å². The van der Waals surface area contributed by atoms with E-state index in [-0.39, 0.29) is 18.5 Å². The van der Waals surface area contributed by atoms with Crippen LogP contribution in [0.2, 0.25) is 0 Å². The third-order valence-electron chi connectivity index (χ3n) is 4.79. The minimum Gasteiger partial charge on any atom is -0.322 e. The first-order chi connectivity index (χ1) is 11.4. The number of hydrogen-bond acceptors (Lipinski definition) is 5. The molecule has 2 aliphatic heterocycles. The van der Waals surface area contributed by atoms with E-state index in [0.29, 0.717) is 6.42 Å². The van der Waals surface area contributed by atoms with Crippen molar-refractivity contribution in [3.8, 4) is 0 Å². The zero-order chi connectivity index (χ0) is 17.3. The van der Waals surface area contributed by atoms with Gasteiger partial charge in [0.05, 0.1) is 6.54 Å². The molecule has 0 radical (unpaired) electrons. The van der Waals surface area contributed by atoms with Gasteiger partial charge in [0.15, 0.2) is 0 Å². The quantitative estimate of drug-likeness (QED) is 0.791. The molecule has 4 amide bonds. The molecule has 3 rings (SSSR count). The molecule has 8 heteroatoms. The molecule has 0 unspecified atom stereocenters. The lowest BCUT2D eigenvalue weighted by molar-refractivity contribution is -0.139. The standard InChI is InChI=1S/C16H22N4O3S/c1-3-16(2)14(22)20(15(23)17-16)18-13(21)10-19-8-4-6-11(19)12-7-5-9-24-12/h5,7,9,11H,3-4,6,8,10H2,1-2H3,(H,17,23)(H,18,21)/t11-,16+/m1/s1. The van der Waals surface area contributed by atoms with Crippen molar-refractivity contribution in [3.05, 3.63) is 22.4 Å². The highest BCUT2D eigenvalue weighted by Crippen LogP contribution is 2.34. The SMILES string of the molecule is CC[C@]1(C)NC(=O)N(NC(=O)CN2CCC[C@@H]2c2cccs2)C1=O. The van der Waals surface area contributed by atoms with Crippen molar-refractivity contribution in [2.45, 2.75) is 44.7 Å². The zero-order valence-electron chi connectivity index (χ0n) is 13.9. The fourth-order valence-electron chi connectivity index (χ4n) is 3.19. The zero-order valence-corrected chi connectivity index (χ0v) is 14.7. The summed E-state index contributed by atoms with van der Waals surface area (Å²) in [6.45, 7) is 4.48. The number of likely N-dealkylation sites (tertiary alicyclic amines) is 1. The molecule has 2 atom stereocenters. The van der Waals surface area contributed by atoms with Crippen LogP contribution in [-0.4, -0.2) is 46.4 Å². The van der Waals surface area contributed by atoms with Gasteiger partial charge in [0.1, 0.15) is 5.54 Å². The average molecular weight is 350 g/mol. The normalized spacial score (nSPS) is 27.6. The van der Waals surface area contributed by atoms with Gasteiger partial charge in [0.25, 0.3) is 11.8 Å². The molecular formula is C16H22N4O3S. The van der Waals surface area contributed by atoms with Gasteiger partial charge in [-0.2, -0.15) is 5.01 Å². The van der Waals surface area contributed by atoms with Crippen molar-refractivity contribution >= 4 is 29.2 Å². The van der Waals surface area contributed by atoms with Crippen molar-refractivity contribution in [3.63, 3.8) is 0 Å². The summed E-state index contributed by atoms with van der Waals surface area (Å²) in [7, 11) is 0. The Balaban J connectivity index is 1.62. The molecule has 0 bridgehead atoms. The third kappa shape index (κ3) is 3.03. The number of amides is 4. The van der Waals surface area contributed by atoms with Crippen LogP contribution in [0.4, 0.5) is 4.79 Å². The second kappa shape index (κ2) is 6.52. The topological polar surface area (TPSA) is 81.8 Å². The van der Waals surface area contributed by atoms with Gasteiger partial charge in [-0.25, -0.2) is 4.79 Å². The van der Waals surface area contributed by atoms with E-state index in [1.165, 1.54) is 4.88 Å². The summed E-state index contributed by atoms with van der Waals surface area (Å²) in [6.07, 6.45) is 2.52. The number of thiophene rings is 1. The van der Waals surface area contributed by atoms with Gasteiger partial charge in [0, 0.05) is 10.9 Å². The first-order valence-electron chi connectivity index (χ1n) is 8.18. The summed E-state index contributed by atoms with van der Waals surface area (Å²) in [5.41, 5.74) is 1.51. The molecule has 24 heavy (non-hydrogen) atoms. The number of carbonyl (C=O) groups excluding carboxylic acids is 3. The highest BCUT2D eigenvalue weighted by molar-refractivity contribution is 7.10. The number of nitrogens with zero attached hydrogens (tertiary/aromatic N) is 2. The van der Waals surface area contributed by atoms with Crippen molar-refractivity contribution in [2.75, 3.05) is 13.1 Å². The molecule has 130 valence electrons. The summed E-state index contributed by atoms with van der Waals surface area (Å²) in [5.74, 6) is -0.762. The average Bonchev–Trinajstić information content (AvgIpc) is 3.25. The van der Waals surface area contributed by atoms with Crippen molar-refractivity contribution < 1.29 is 14.4 Å². The van der Waals surface area contributed by atoms with Crippen LogP contribution in [0.1, 0.15) is 44.0 Å². The molecule has 2 aliphatic rings. The second-order valence-electron chi connectivity index (χ2n) is 6.44. The first-order valence-corrected chi connectivity index (χ1v) is 9.06. The Kier molecular flexibility index (Phi) is 4.60. The summed E-state index contributed by atoms with van der Waals surface area (Å²) < 4.78 is 0. The summed E-state index contributed by atoms with van der Waals surface area (Å²) in [4.78, 5) is 39.9. The maximum Gasteiger partial charge on any atom is 0.344 e. The Hall–Kier alpha value is -1.93. The molecule has 1 aromatic heterocycles. The molecule has 3 heterocycles. The second-order valence-corrected chi connectivity index (χ2v) is 7.41. The Morgan fingerprint density at radius 1 is 1.50 bits per heavy atom. The fraction of sp³-hybridized carbons (Fsp3) is 0.562. The van der Waals surface area contributed by atoms with E-state index in [1.54, 1.807) is 18.3 Å². The van der Waals surface area contributed by atoms with Crippen LogP contribution in [0.15, 0.2) is 17.5 Å². The number of imide groups is 1. The van der Waals surface area contributed by atoms with E-state index in [4.69, 9.17) is 0 Å². The van der Waals surface area contributed by atoms with E-state index >= 15 is 0 Å². The van der Waals surface area contributed by atoms with Crippen LogP contribution in [0.3, 0.4) is 0 Å². The highest BCUT2D eigenvalue weighted by atomic mass is 32.1. The van der Waals surface area contributed by atoms with Crippen LogP contribution in [0.5, 0.6) is 0 Å². The molecular weight excluding hydrogens is 328 g/mol. The molecule has 7 nitrogen and oxygen atoms in total. The van der Waals surface area contributed by atoms with Crippen LogP contribution in [0.25, 0.3) is 0 Å². The van der Waals surface area contributed by atoms with Crippen LogP contribution < -0.4 is 10.7 Å². The van der Waals surface area contributed by atoms with E-state index in [1.807, 2.05) is 18.4 Å². The van der Waals surface area contributed by atoms with E-state index in [0.717, 1.165) is 24.4 Å². The highest BCUT2D eigenvalue weighted by Gasteiger charge is 2.47. The molecule has 1 aromatic rings. The largest absolute Gasteiger partial charge is 0.344 e. The lowest BCUT2D eigenvalue weighted by Crippen LogP contribution is -2.51. The number of hydrazine groups is 1. The molecule has 0 aliphatic carbocycles. The van der Waals surface area contributed by atoms with Crippen LogP contribution >= 0.6 is 11.3 Å². The monoisotopic (exact) mass is 350 g/mol. The smallest absolute Gasteiger partial charge is 0.322 e. The predicted octanol–water partition coefficient (Wildman–Crippen LogP) is 1.64. The fourth-order valence-corrected chi connectivity index (χ4v) is 4.08. The Morgan fingerprint density at radius 3 is 2.92 bits per heavy atom. The molecule has 0 spiro atoms. The minimum absolute atomic E-state index is 0.169. The van der Waals surface area contributed by atoms with Crippen molar-refractivity contribution in [1.29, 1.82) is 0 Å². The molecule has 2 N–H and O–H groups in total. The molecule has 2 fully saturated rings. The maximum absolute atomic E-state index is 12.3. The summed E-state index contributed by atoms with van der Waals surface area (Å²) >= 11 is 1.69. The van der Waals surface area contributed by atoms with Gasteiger partial charge in [-0.05, 0) is 44.2 Å². The minimum atomic E-state index is -0.947. The number of urea groups is 1. The van der Waals surface area contributed by atoms with Crippen molar-refractivity contribution in [2.24, 2.45) is 0 Å². The van der Waals surface area contributed by atoms with Gasteiger partial charge in [-0.3, -0.25) is 19.9 Å². The van der Waals surface area contributed by atoms with Gasteiger partial charge < -0.3 is 5.32 Å². The lowest BCUT2D eigenvalue weighted by Gasteiger charge is -2.24. The molecule has 2 saturated heterocycles. The molecule has 0 aromatic carbocycles. The van der Waals surface area contributed by atoms with Gasteiger partial charge in [-0.15, -0.1) is 11.3 Å². The number of nitrogens with one attached hydrogen (secondary N) is 2. The van der Waals surface area contributed by atoms with E-state index in [9.17, 15) is 14.4 Å². The van der Waals surface area contributed by atoms with E-state index < -0.39 is 17.5 Å². The predicted molar refractivity (Wildman–Crippen MR) is 90.1 cm³/mol. The van der Waals surface area contributed by atoms with Crippen LogP contribution in [0, 0.1) is 0 Å². The Morgan fingerprint density at radius 2 is 2.29 bits per heavy atom. The van der Waals surface area contributed by atoms with E-state index in [2.05, 4.69) is 21.7 Å². The summed E-state index contributed by atoms with van der Waals surface area (Å²) in [6, 6.07) is 3.75. The van der Waals surface area contributed by atoms with Crippen molar-refractivity contribution in [1.82, 2.24) is 20.7 Å². The lowest BCUT2D eigenvalue weighted by atomic mass is 10.00. The Labute approximate surface area is 145 Å². The maximum atomic E-state index is 12.3. The Bertz CT molecular complexity index is 648. The van der Waals surface area contributed by atoms with Gasteiger partial charge in [-0.1, -0.05) is 13.0 Å². The third-order valence-corrected chi connectivity index (χ3v) is 5.76. The number of carbonyl (C=O) groups is 3.